The average molecular weight is 484 g/mol. The molecule has 0 unspecified atom stereocenters. The standard InChI is InChI=1S/C27H27F2NO5/c1-18(20-7-5-4-6-8-20)17-30(14-13-19-9-11-22(32-2)24(15-19)33-3)26(31)21-10-12-23-25(16-21)35-27(28,29)34-23/h4-12,15-16,18H,13-14,17H2,1-3H3/t18-/m0/s1. The minimum absolute atomic E-state index is 0.0592. The summed E-state index contributed by atoms with van der Waals surface area (Å²) in [5, 5.41) is 0. The third-order valence-electron chi connectivity index (χ3n) is 5.92. The predicted octanol–water partition coefficient (Wildman–Crippen LogP) is 5.51. The van der Waals surface area contributed by atoms with E-state index in [1.54, 1.807) is 19.1 Å². The molecule has 1 atom stereocenters. The molecule has 3 aromatic carbocycles. The van der Waals surface area contributed by atoms with Crippen LogP contribution in [0, 0.1) is 0 Å². The van der Waals surface area contributed by atoms with Gasteiger partial charge in [-0.05, 0) is 53.8 Å². The number of rotatable bonds is 9. The lowest BCUT2D eigenvalue weighted by molar-refractivity contribution is -0.286. The van der Waals surface area contributed by atoms with Gasteiger partial charge in [0.1, 0.15) is 0 Å². The molecule has 0 spiro atoms. The monoisotopic (exact) mass is 483 g/mol. The highest BCUT2D eigenvalue weighted by Crippen LogP contribution is 2.41. The zero-order valence-electron chi connectivity index (χ0n) is 19.8. The SMILES string of the molecule is COc1ccc(CCN(C[C@H](C)c2ccccc2)C(=O)c2ccc3c(c2)OC(F)(F)O3)cc1OC. The van der Waals surface area contributed by atoms with Crippen molar-refractivity contribution in [1.82, 2.24) is 4.90 Å². The fourth-order valence-electron chi connectivity index (χ4n) is 4.06. The summed E-state index contributed by atoms with van der Waals surface area (Å²) >= 11 is 0. The fourth-order valence-corrected chi connectivity index (χ4v) is 4.06. The van der Waals surface area contributed by atoms with Crippen molar-refractivity contribution in [2.75, 3.05) is 27.3 Å². The number of benzene rings is 3. The third kappa shape index (κ3) is 5.65. The maximum absolute atomic E-state index is 13.5. The molecular formula is C27H27F2NO5. The van der Waals surface area contributed by atoms with Crippen LogP contribution in [-0.4, -0.2) is 44.4 Å². The van der Waals surface area contributed by atoms with Gasteiger partial charge in [0, 0.05) is 18.7 Å². The zero-order chi connectivity index (χ0) is 25.0. The van der Waals surface area contributed by atoms with E-state index in [1.165, 1.54) is 18.2 Å². The molecular weight excluding hydrogens is 456 g/mol. The summed E-state index contributed by atoms with van der Waals surface area (Å²) in [6, 6.07) is 19.6. The molecule has 0 saturated carbocycles. The molecule has 4 rings (SSSR count). The van der Waals surface area contributed by atoms with Crippen molar-refractivity contribution in [2.24, 2.45) is 0 Å². The molecule has 0 bridgehead atoms. The molecule has 1 amide bonds. The summed E-state index contributed by atoms with van der Waals surface area (Å²) in [5.41, 5.74) is 2.32. The molecule has 1 aliphatic heterocycles. The van der Waals surface area contributed by atoms with Crippen LogP contribution < -0.4 is 18.9 Å². The summed E-state index contributed by atoms with van der Waals surface area (Å²) in [5.74, 6) is 0.757. The minimum Gasteiger partial charge on any atom is -0.493 e. The zero-order valence-corrected chi connectivity index (χ0v) is 19.8. The van der Waals surface area contributed by atoms with E-state index in [1.807, 2.05) is 55.5 Å². The first kappa shape index (κ1) is 24.3. The Kier molecular flexibility index (Phi) is 7.10. The van der Waals surface area contributed by atoms with E-state index >= 15 is 0 Å². The topological polar surface area (TPSA) is 57.2 Å². The maximum Gasteiger partial charge on any atom is 0.586 e. The number of nitrogens with zero attached hydrogens (tertiary/aromatic N) is 1. The molecule has 0 fully saturated rings. The van der Waals surface area contributed by atoms with Crippen LogP contribution in [0.1, 0.15) is 34.3 Å². The quantitative estimate of drug-likeness (QED) is 0.402. The molecule has 0 aromatic heterocycles. The molecule has 3 aromatic rings. The lowest BCUT2D eigenvalue weighted by Gasteiger charge is -2.27. The molecule has 184 valence electrons. The van der Waals surface area contributed by atoms with E-state index in [0.29, 0.717) is 31.0 Å². The molecule has 1 aliphatic rings. The van der Waals surface area contributed by atoms with Crippen molar-refractivity contribution < 1.29 is 32.5 Å². The lowest BCUT2D eigenvalue weighted by atomic mass is 10.00. The van der Waals surface area contributed by atoms with Gasteiger partial charge >= 0.3 is 6.29 Å². The second-order valence-corrected chi connectivity index (χ2v) is 8.33. The number of ether oxygens (including phenoxy) is 4. The molecule has 0 aliphatic carbocycles. The van der Waals surface area contributed by atoms with Crippen molar-refractivity contribution in [3.8, 4) is 23.0 Å². The fraction of sp³-hybridized carbons (Fsp3) is 0.296. The summed E-state index contributed by atoms with van der Waals surface area (Å²) in [7, 11) is 3.15. The van der Waals surface area contributed by atoms with Gasteiger partial charge in [-0.1, -0.05) is 43.3 Å². The Hall–Kier alpha value is -3.81. The van der Waals surface area contributed by atoms with Crippen LogP contribution >= 0.6 is 0 Å². The van der Waals surface area contributed by atoms with Gasteiger partial charge in [-0.2, -0.15) is 0 Å². The highest BCUT2D eigenvalue weighted by molar-refractivity contribution is 5.95. The number of alkyl halides is 2. The first-order valence-electron chi connectivity index (χ1n) is 11.2. The normalized spacial score (nSPS) is 14.3. The van der Waals surface area contributed by atoms with Gasteiger partial charge < -0.3 is 23.8 Å². The number of carbonyl (C=O) groups is 1. The molecule has 8 heteroatoms. The van der Waals surface area contributed by atoms with Gasteiger partial charge in [0.2, 0.25) is 0 Å². The second-order valence-electron chi connectivity index (χ2n) is 8.33. The van der Waals surface area contributed by atoms with Gasteiger partial charge in [0.05, 0.1) is 14.2 Å². The van der Waals surface area contributed by atoms with Crippen molar-refractivity contribution in [2.45, 2.75) is 25.6 Å². The van der Waals surface area contributed by atoms with Crippen LogP contribution in [0.3, 0.4) is 0 Å². The molecule has 0 radical (unpaired) electrons. The number of fused-ring (bicyclic) bond motifs is 1. The van der Waals surface area contributed by atoms with Gasteiger partial charge in [0.25, 0.3) is 5.91 Å². The summed E-state index contributed by atoms with van der Waals surface area (Å²) in [4.78, 5) is 15.2. The van der Waals surface area contributed by atoms with Crippen molar-refractivity contribution in [1.29, 1.82) is 0 Å². The van der Waals surface area contributed by atoms with Crippen molar-refractivity contribution >= 4 is 5.91 Å². The van der Waals surface area contributed by atoms with Gasteiger partial charge in [-0.25, -0.2) is 0 Å². The first-order chi connectivity index (χ1) is 16.8. The van der Waals surface area contributed by atoms with E-state index in [2.05, 4.69) is 9.47 Å². The smallest absolute Gasteiger partial charge is 0.493 e. The Morgan fingerprint density at radius 2 is 1.66 bits per heavy atom. The van der Waals surface area contributed by atoms with E-state index in [0.717, 1.165) is 11.1 Å². The largest absolute Gasteiger partial charge is 0.586 e. The van der Waals surface area contributed by atoms with E-state index in [-0.39, 0.29) is 28.9 Å². The summed E-state index contributed by atoms with van der Waals surface area (Å²) in [6.45, 7) is 2.91. The van der Waals surface area contributed by atoms with Crippen molar-refractivity contribution in [3.63, 3.8) is 0 Å². The van der Waals surface area contributed by atoms with E-state index < -0.39 is 6.29 Å². The van der Waals surface area contributed by atoms with Crippen LogP contribution in [0.2, 0.25) is 0 Å². The van der Waals surface area contributed by atoms with Crippen molar-refractivity contribution in [3.05, 3.63) is 83.4 Å². The molecule has 1 heterocycles. The predicted molar refractivity (Wildman–Crippen MR) is 127 cm³/mol. The van der Waals surface area contributed by atoms with Crippen LogP contribution in [0.5, 0.6) is 23.0 Å². The highest BCUT2D eigenvalue weighted by Gasteiger charge is 2.43. The molecule has 6 nitrogen and oxygen atoms in total. The van der Waals surface area contributed by atoms with E-state index in [9.17, 15) is 13.6 Å². The summed E-state index contributed by atoms with van der Waals surface area (Å²) in [6.07, 6.45) is -3.17. The third-order valence-corrected chi connectivity index (χ3v) is 5.92. The molecule has 0 saturated heterocycles. The van der Waals surface area contributed by atoms with Gasteiger partial charge in [-0.3, -0.25) is 4.79 Å². The van der Waals surface area contributed by atoms with E-state index in [4.69, 9.17) is 9.47 Å². The Bertz CT molecular complexity index is 1190. The first-order valence-corrected chi connectivity index (χ1v) is 11.2. The van der Waals surface area contributed by atoms with Gasteiger partial charge in [0.15, 0.2) is 23.0 Å². The van der Waals surface area contributed by atoms with Crippen LogP contribution in [-0.2, 0) is 6.42 Å². The average Bonchev–Trinajstić information content (AvgIpc) is 3.19. The number of halogens is 2. The van der Waals surface area contributed by atoms with Gasteiger partial charge in [-0.15, -0.1) is 8.78 Å². The Labute approximate surface area is 203 Å². The number of hydrogen-bond donors (Lipinski definition) is 0. The number of amides is 1. The minimum atomic E-state index is -3.74. The number of hydrogen-bond acceptors (Lipinski definition) is 5. The number of methoxy groups -OCH3 is 2. The van der Waals surface area contributed by atoms with Crippen LogP contribution in [0.4, 0.5) is 8.78 Å². The lowest BCUT2D eigenvalue weighted by Crippen LogP contribution is -2.36. The molecule has 35 heavy (non-hydrogen) atoms. The van der Waals surface area contributed by atoms with Crippen LogP contribution in [0.25, 0.3) is 0 Å². The second kappa shape index (κ2) is 10.2. The highest BCUT2D eigenvalue weighted by atomic mass is 19.3. The summed E-state index contributed by atoms with van der Waals surface area (Å²) < 4.78 is 46.6. The maximum atomic E-state index is 13.5. The molecule has 0 N–H and O–H groups in total. The Morgan fingerprint density at radius 3 is 2.37 bits per heavy atom. The Morgan fingerprint density at radius 1 is 0.943 bits per heavy atom. The number of carbonyl (C=O) groups excluding carboxylic acids is 1. The Balaban J connectivity index is 1.56. The van der Waals surface area contributed by atoms with Crippen LogP contribution in [0.15, 0.2) is 66.7 Å².